The first-order chi connectivity index (χ1) is 5.65. The molecule has 1 aromatic rings. The van der Waals surface area contributed by atoms with Crippen LogP contribution in [0.5, 0.6) is 0 Å². The van der Waals surface area contributed by atoms with Crippen molar-refractivity contribution in [3.05, 3.63) is 35.1 Å². The summed E-state index contributed by atoms with van der Waals surface area (Å²) in [7, 11) is 0. The number of halogens is 2. The minimum Gasteiger partial charge on any atom is -0.298 e. The van der Waals surface area contributed by atoms with Crippen LogP contribution in [0.3, 0.4) is 0 Å². The largest absolute Gasteiger partial charge is 0.298 e. The van der Waals surface area contributed by atoms with Crippen LogP contribution in [0.2, 0.25) is 0 Å². The molecule has 0 bridgehead atoms. The number of benzene rings is 1. The van der Waals surface area contributed by atoms with Gasteiger partial charge in [0, 0.05) is 28.2 Å². The standard InChI is InChI=1S/C8H4FIO2/c9-7-2-1-5(4-11)3-6(7)8(10)12/h1-4H. The zero-order chi connectivity index (χ0) is 9.14. The minimum atomic E-state index is -0.597. The van der Waals surface area contributed by atoms with Crippen LogP contribution in [0.4, 0.5) is 4.39 Å². The van der Waals surface area contributed by atoms with Crippen molar-refractivity contribution in [3.63, 3.8) is 0 Å². The molecule has 0 aromatic heterocycles. The number of carbonyl (C=O) groups is 2. The molecular weight excluding hydrogens is 274 g/mol. The van der Waals surface area contributed by atoms with Gasteiger partial charge < -0.3 is 0 Å². The molecule has 0 aliphatic rings. The summed E-state index contributed by atoms with van der Waals surface area (Å²) in [5, 5.41) is 0. The van der Waals surface area contributed by atoms with E-state index < -0.39 is 9.61 Å². The Hall–Kier alpha value is -0.780. The minimum absolute atomic E-state index is 0.0554. The van der Waals surface area contributed by atoms with Gasteiger partial charge in [-0.15, -0.1) is 0 Å². The Labute approximate surface area is 81.9 Å². The van der Waals surface area contributed by atoms with Crippen molar-refractivity contribution in [1.82, 2.24) is 0 Å². The van der Waals surface area contributed by atoms with E-state index in [2.05, 4.69) is 0 Å². The average molecular weight is 278 g/mol. The Morgan fingerprint density at radius 2 is 2.17 bits per heavy atom. The van der Waals surface area contributed by atoms with Crippen LogP contribution in [0.1, 0.15) is 20.7 Å². The quantitative estimate of drug-likeness (QED) is 0.472. The summed E-state index contributed by atoms with van der Waals surface area (Å²) < 4.78 is 12.4. The van der Waals surface area contributed by atoms with E-state index in [1.807, 2.05) is 0 Å². The Balaban J connectivity index is 3.25. The molecule has 4 heteroatoms. The lowest BCUT2D eigenvalue weighted by Crippen LogP contribution is -1.95. The molecule has 0 amide bonds. The smallest absolute Gasteiger partial charge is 0.225 e. The highest BCUT2D eigenvalue weighted by Gasteiger charge is 2.08. The number of aldehydes is 1. The van der Waals surface area contributed by atoms with E-state index in [0.29, 0.717) is 11.8 Å². The summed E-state index contributed by atoms with van der Waals surface area (Å²) in [6.45, 7) is 0. The van der Waals surface area contributed by atoms with Crippen LogP contribution in [0.15, 0.2) is 18.2 Å². The van der Waals surface area contributed by atoms with Gasteiger partial charge in [-0.1, -0.05) is 0 Å². The maximum absolute atomic E-state index is 12.8. The number of rotatable bonds is 2. The van der Waals surface area contributed by atoms with Crippen LogP contribution in [0.25, 0.3) is 0 Å². The fourth-order valence-corrected chi connectivity index (χ4v) is 1.18. The van der Waals surface area contributed by atoms with E-state index in [9.17, 15) is 14.0 Å². The Morgan fingerprint density at radius 1 is 1.50 bits per heavy atom. The lowest BCUT2D eigenvalue weighted by Gasteiger charge is -1.96. The van der Waals surface area contributed by atoms with Gasteiger partial charge in [-0.05, 0) is 18.2 Å². The van der Waals surface area contributed by atoms with Gasteiger partial charge in [0.1, 0.15) is 12.1 Å². The summed E-state index contributed by atoms with van der Waals surface area (Å²) in [5.74, 6) is -0.597. The van der Waals surface area contributed by atoms with Crippen molar-refractivity contribution < 1.29 is 14.0 Å². The van der Waals surface area contributed by atoms with Gasteiger partial charge in [0.2, 0.25) is 3.79 Å². The van der Waals surface area contributed by atoms with E-state index in [4.69, 9.17) is 0 Å². The zero-order valence-corrected chi connectivity index (χ0v) is 8.04. The van der Waals surface area contributed by atoms with Crippen LogP contribution in [-0.4, -0.2) is 10.1 Å². The highest BCUT2D eigenvalue weighted by atomic mass is 127. The molecule has 0 atom stereocenters. The Morgan fingerprint density at radius 3 is 2.67 bits per heavy atom. The molecule has 62 valence electrons. The predicted molar refractivity (Wildman–Crippen MR) is 50.1 cm³/mol. The van der Waals surface area contributed by atoms with Crippen molar-refractivity contribution in [2.24, 2.45) is 0 Å². The molecule has 0 unspecified atom stereocenters. The van der Waals surface area contributed by atoms with Gasteiger partial charge in [-0.2, -0.15) is 0 Å². The fourth-order valence-electron chi connectivity index (χ4n) is 0.767. The van der Waals surface area contributed by atoms with Crippen molar-refractivity contribution >= 4 is 32.7 Å². The molecule has 0 saturated carbocycles. The summed E-state index contributed by atoms with van der Waals surface area (Å²) >= 11 is 1.47. The monoisotopic (exact) mass is 278 g/mol. The topological polar surface area (TPSA) is 34.1 Å². The Kier molecular flexibility index (Phi) is 2.91. The first-order valence-electron chi connectivity index (χ1n) is 3.09. The maximum atomic E-state index is 12.8. The molecule has 0 spiro atoms. The lowest BCUT2D eigenvalue weighted by molar-refractivity contribution is 0.110. The van der Waals surface area contributed by atoms with Gasteiger partial charge in [0.15, 0.2) is 0 Å². The molecule has 1 aromatic carbocycles. The number of carbonyl (C=O) groups excluding carboxylic acids is 2. The maximum Gasteiger partial charge on any atom is 0.225 e. The van der Waals surface area contributed by atoms with Crippen LogP contribution >= 0.6 is 22.6 Å². The van der Waals surface area contributed by atoms with Gasteiger partial charge in [-0.3, -0.25) is 9.59 Å². The van der Waals surface area contributed by atoms with Gasteiger partial charge in [0.25, 0.3) is 0 Å². The molecule has 12 heavy (non-hydrogen) atoms. The summed E-state index contributed by atoms with van der Waals surface area (Å²) in [5.41, 5.74) is 0.247. The van der Waals surface area contributed by atoms with Crippen molar-refractivity contribution in [2.75, 3.05) is 0 Å². The lowest BCUT2D eigenvalue weighted by atomic mass is 10.1. The normalized spacial score (nSPS) is 9.50. The molecule has 0 heterocycles. The van der Waals surface area contributed by atoms with E-state index in [1.54, 1.807) is 0 Å². The molecule has 2 nitrogen and oxygen atoms in total. The van der Waals surface area contributed by atoms with Crippen LogP contribution < -0.4 is 0 Å². The Bertz CT molecular complexity index is 336. The SMILES string of the molecule is O=Cc1ccc(F)c(C(=O)I)c1. The first-order valence-corrected chi connectivity index (χ1v) is 4.17. The third kappa shape index (κ3) is 1.88. The molecule has 0 saturated heterocycles. The van der Waals surface area contributed by atoms with Crippen molar-refractivity contribution in [2.45, 2.75) is 0 Å². The van der Waals surface area contributed by atoms with Crippen molar-refractivity contribution in [3.8, 4) is 0 Å². The van der Waals surface area contributed by atoms with E-state index in [-0.39, 0.29) is 5.56 Å². The van der Waals surface area contributed by atoms with E-state index in [0.717, 1.165) is 6.07 Å². The average Bonchev–Trinajstić information content (AvgIpc) is 2.05. The van der Waals surface area contributed by atoms with Gasteiger partial charge >= 0.3 is 0 Å². The molecule has 0 fully saturated rings. The van der Waals surface area contributed by atoms with Crippen LogP contribution in [-0.2, 0) is 0 Å². The number of hydrogen-bond donors (Lipinski definition) is 0. The molecule has 0 aliphatic heterocycles. The van der Waals surface area contributed by atoms with Gasteiger partial charge in [-0.25, -0.2) is 4.39 Å². The third-order valence-corrected chi connectivity index (χ3v) is 1.92. The summed E-state index contributed by atoms with van der Waals surface area (Å²) in [6.07, 6.45) is 0.572. The van der Waals surface area contributed by atoms with E-state index >= 15 is 0 Å². The predicted octanol–water partition coefficient (Wildman–Crippen LogP) is 2.21. The fraction of sp³-hybridized carbons (Fsp3) is 0. The molecular formula is C8H4FIO2. The highest BCUT2D eigenvalue weighted by molar-refractivity contribution is 14.1. The first kappa shape index (κ1) is 9.31. The second-order valence-corrected chi connectivity index (χ2v) is 3.11. The summed E-state index contributed by atoms with van der Waals surface area (Å²) in [4.78, 5) is 21.0. The second kappa shape index (κ2) is 3.75. The van der Waals surface area contributed by atoms with Crippen molar-refractivity contribution in [1.29, 1.82) is 0 Å². The van der Waals surface area contributed by atoms with Gasteiger partial charge in [0.05, 0.1) is 5.56 Å². The molecule has 1 rings (SSSR count). The number of hydrogen-bond acceptors (Lipinski definition) is 2. The van der Waals surface area contributed by atoms with E-state index in [1.165, 1.54) is 34.7 Å². The summed E-state index contributed by atoms with van der Waals surface area (Å²) in [6, 6.07) is 3.66. The molecule has 0 N–H and O–H groups in total. The molecule has 0 radical (unpaired) electrons. The zero-order valence-electron chi connectivity index (χ0n) is 5.88. The second-order valence-electron chi connectivity index (χ2n) is 2.13. The highest BCUT2D eigenvalue weighted by Crippen LogP contribution is 2.12. The van der Waals surface area contributed by atoms with Crippen LogP contribution in [0, 0.1) is 5.82 Å². The molecule has 0 aliphatic carbocycles. The third-order valence-electron chi connectivity index (χ3n) is 1.34.